The van der Waals surface area contributed by atoms with Gasteiger partial charge in [-0.3, -0.25) is 4.79 Å². The van der Waals surface area contributed by atoms with Gasteiger partial charge in [-0.05, 0) is 38.8 Å². The lowest BCUT2D eigenvalue weighted by atomic mass is 9.87. The Hall–Kier alpha value is -1.42. The van der Waals surface area contributed by atoms with E-state index in [9.17, 15) is 9.18 Å². The first-order valence-corrected chi connectivity index (χ1v) is 7.35. The van der Waals surface area contributed by atoms with E-state index >= 15 is 0 Å². The lowest BCUT2D eigenvalue weighted by Crippen LogP contribution is -2.44. The molecule has 2 fully saturated rings. The van der Waals surface area contributed by atoms with E-state index in [1.54, 1.807) is 12.1 Å². The van der Waals surface area contributed by atoms with Gasteiger partial charge in [0.1, 0.15) is 5.82 Å². The number of hydrogen-bond acceptors (Lipinski definition) is 2. The number of rotatable bonds is 4. The maximum Gasteiger partial charge on any atom is 0.230 e. The first-order valence-electron chi connectivity index (χ1n) is 7.35. The van der Waals surface area contributed by atoms with Crippen LogP contribution in [0.2, 0.25) is 0 Å². The lowest BCUT2D eigenvalue weighted by molar-refractivity contribution is -0.141. The molecule has 3 rings (SSSR count). The van der Waals surface area contributed by atoms with E-state index in [-0.39, 0.29) is 17.1 Å². The number of carbonyl (C=O) groups is 1. The van der Waals surface area contributed by atoms with Crippen molar-refractivity contribution in [1.82, 2.24) is 10.2 Å². The highest BCUT2D eigenvalue weighted by atomic mass is 19.1. The fourth-order valence-corrected chi connectivity index (χ4v) is 2.91. The van der Waals surface area contributed by atoms with Crippen LogP contribution in [0.15, 0.2) is 24.3 Å². The molecule has 3 nitrogen and oxygen atoms in total. The van der Waals surface area contributed by atoms with Gasteiger partial charge in [-0.25, -0.2) is 4.39 Å². The summed E-state index contributed by atoms with van der Waals surface area (Å²) in [6, 6.07) is 7.05. The third-order valence-corrected chi connectivity index (χ3v) is 4.43. The molecular formula is C16H21FN2O. The Bertz CT molecular complexity index is 507. The van der Waals surface area contributed by atoms with Crippen molar-refractivity contribution in [3.05, 3.63) is 35.6 Å². The molecule has 1 atom stereocenters. The number of nitrogens with one attached hydrogen (secondary N) is 1. The van der Waals surface area contributed by atoms with Crippen LogP contribution in [0.3, 0.4) is 0 Å². The van der Waals surface area contributed by atoms with Crippen molar-refractivity contribution in [3.63, 3.8) is 0 Å². The van der Waals surface area contributed by atoms with Gasteiger partial charge in [-0.15, -0.1) is 0 Å². The van der Waals surface area contributed by atoms with Gasteiger partial charge in [0.15, 0.2) is 0 Å². The van der Waals surface area contributed by atoms with E-state index < -0.39 is 0 Å². The molecule has 1 aliphatic heterocycles. The van der Waals surface area contributed by atoms with Gasteiger partial charge in [0.05, 0.1) is 5.41 Å². The van der Waals surface area contributed by atoms with Crippen molar-refractivity contribution in [2.24, 2.45) is 5.41 Å². The molecule has 0 radical (unpaired) electrons. The molecule has 1 unspecified atom stereocenters. The second-order valence-corrected chi connectivity index (χ2v) is 6.24. The average Bonchev–Trinajstić information content (AvgIpc) is 3.19. The molecule has 4 heteroatoms. The number of benzene rings is 1. The minimum atomic E-state index is -0.326. The standard InChI is InChI=1S/C16H21FN2O/c1-16(8-9-18-11-16)15(20)19(13-6-7-13)10-12-4-2-3-5-14(12)17/h2-5,13,18H,6-11H2,1H3. The molecule has 0 bridgehead atoms. The Labute approximate surface area is 119 Å². The van der Waals surface area contributed by atoms with E-state index in [0.29, 0.717) is 18.2 Å². The van der Waals surface area contributed by atoms with Gasteiger partial charge in [0.25, 0.3) is 0 Å². The Morgan fingerprint density at radius 3 is 2.80 bits per heavy atom. The minimum absolute atomic E-state index is 0.174. The van der Waals surface area contributed by atoms with Gasteiger partial charge in [-0.2, -0.15) is 0 Å². The fraction of sp³-hybridized carbons (Fsp3) is 0.562. The first-order chi connectivity index (χ1) is 9.60. The lowest BCUT2D eigenvalue weighted by Gasteiger charge is -2.31. The van der Waals surface area contributed by atoms with E-state index in [1.807, 2.05) is 17.9 Å². The third-order valence-electron chi connectivity index (χ3n) is 4.43. The summed E-state index contributed by atoms with van der Waals surface area (Å²) < 4.78 is 13.8. The van der Waals surface area contributed by atoms with Crippen LogP contribution in [0.4, 0.5) is 4.39 Å². The molecule has 2 aliphatic rings. The van der Waals surface area contributed by atoms with Crippen molar-refractivity contribution in [1.29, 1.82) is 0 Å². The molecule has 1 aromatic carbocycles. The van der Waals surface area contributed by atoms with Crippen LogP contribution in [0.1, 0.15) is 31.7 Å². The summed E-state index contributed by atoms with van der Waals surface area (Å²) in [6.45, 7) is 4.03. The van der Waals surface area contributed by atoms with Gasteiger partial charge in [0.2, 0.25) is 5.91 Å². The predicted molar refractivity (Wildman–Crippen MR) is 75.6 cm³/mol. The highest BCUT2D eigenvalue weighted by Gasteiger charge is 2.43. The maximum absolute atomic E-state index is 13.8. The zero-order chi connectivity index (χ0) is 14.2. The zero-order valence-electron chi connectivity index (χ0n) is 11.9. The topological polar surface area (TPSA) is 32.3 Å². The van der Waals surface area contributed by atoms with E-state index in [1.165, 1.54) is 6.07 Å². The molecular weight excluding hydrogens is 255 g/mol. The predicted octanol–water partition coefficient (Wildman–Crippen LogP) is 2.32. The van der Waals surface area contributed by atoms with Crippen LogP contribution in [0.25, 0.3) is 0 Å². The highest BCUT2D eigenvalue weighted by molar-refractivity contribution is 5.83. The molecule has 1 saturated carbocycles. The second-order valence-electron chi connectivity index (χ2n) is 6.24. The van der Waals surface area contributed by atoms with Gasteiger partial charge in [0, 0.05) is 24.7 Å². The molecule has 0 aromatic heterocycles. The van der Waals surface area contributed by atoms with Crippen LogP contribution >= 0.6 is 0 Å². The Balaban J connectivity index is 1.79. The van der Waals surface area contributed by atoms with Crippen LogP contribution in [-0.4, -0.2) is 29.9 Å². The molecule has 0 spiro atoms. The molecule has 1 aliphatic carbocycles. The van der Waals surface area contributed by atoms with Crippen molar-refractivity contribution in [3.8, 4) is 0 Å². The quantitative estimate of drug-likeness (QED) is 0.915. The summed E-state index contributed by atoms with van der Waals surface area (Å²) in [5, 5.41) is 3.26. The number of amides is 1. The fourth-order valence-electron chi connectivity index (χ4n) is 2.91. The van der Waals surface area contributed by atoms with Crippen molar-refractivity contribution in [2.45, 2.75) is 38.8 Å². The van der Waals surface area contributed by atoms with E-state index in [2.05, 4.69) is 5.32 Å². The summed E-state index contributed by atoms with van der Waals surface area (Å²) >= 11 is 0. The number of nitrogens with zero attached hydrogens (tertiary/aromatic N) is 1. The SMILES string of the molecule is CC1(C(=O)N(Cc2ccccc2F)C2CC2)CCNC1. The monoisotopic (exact) mass is 276 g/mol. The summed E-state index contributed by atoms with van der Waals surface area (Å²) in [5.74, 6) is -0.0473. The number of hydrogen-bond donors (Lipinski definition) is 1. The number of carbonyl (C=O) groups excluding carboxylic acids is 1. The summed E-state index contributed by atoms with van der Waals surface area (Å²) in [7, 11) is 0. The average molecular weight is 276 g/mol. The normalized spacial score (nSPS) is 25.7. The molecule has 20 heavy (non-hydrogen) atoms. The zero-order valence-corrected chi connectivity index (χ0v) is 11.9. The van der Waals surface area contributed by atoms with Crippen LogP contribution in [-0.2, 0) is 11.3 Å². The maximum atomic E-state index is 13.8. The molecule has 1 heterocycles. The first kappa shape index (κ1) is 13.6. The number of halogens is 1. The van der Waals surface area contributed by atoms with E-state index in [4.69, 9.17) is 0 Å². The largest absolute Gasteiger partial charge is 0.335 e. The van der Waals surface area contributed by atoms with Gasteiger partial charge in [-0.1, -0.05) is 18.2 Å². The van der Waals surface area contributed by atoms with Crippen molar-refractivity contribution >= 4 is 5.91 Å². The highest BCUT2D eigenvalue weighted by Crippen LogP contribution is 2.35. The summed E-state index contributed by atoms with van der Waals surface area (Å²) in [4.78, 5) is 14.7. The van der Waals surface area contributed by atoms with Crippen LogP contribution in [0, 0.1) is 11.2 Å². The molecule has 1 amide bonds. The Morgan fingerprint density at radius 2 is 2.20 bits per heavy atom. The van der Waals surface area contributed by atoms with Gasteiger partial charge < -0.3 is 10.2 Å². The van der Waals surface area contributed by atoms with Crippen LogP contribution < -0.4 is 5.32 Å². The summed E-state index contributed by atoms with van der Waals surface area (Å²) in [5.41, 5.74) is 0.288. The second kappa shape index (κ2) is 5.17. The molecule has 1 aromatic rings. The molecule has 108 valence electrons. The Kier molecular flexibility index (Phi) is 3.50. The van der Waals surface area contributed by atoms with Crippen molar-refractivity contribution in [2.75, 3.05) is 13.1 Å². The summed E-state index contributed by atoms with van der Waals surface area (Å²) in [6.07, 6.45) is 2.96. The molecule has 1 saturated heterocycles. The molecule has 1 N–H and O–H groups in total. The van der Waals surface area contributed by atoms with Crippen LogP contribution in [0.5, 0.6) is 0 Å². The van der Waals surface area contributed by atoms with Gasteiger partial charge >= 0.3 is 0 Å². The third kappa shape index (κ3) is 2.57. The van der Waals surface area contributed by atoms with Crippen molar-refractivity contribution < 1.29 is 9.18 Å². The minimum Gasteiger partial charge on any atom is -0.335 e. The smallest absolute Gasteiger partial charge is 0.230 e. The van der Waals surface area contributed by atoms with E-state index in [0.717, 1.165) is 32.4 Å². The Morgan fingerprint density at radius 1 is 1.45 bits per heavy atom.